The summed E-state index contributed by atoms with van der Waals surface area (Å²) in [4.78, 5) is 0. The van der Waals surface area contributed by atoms with Crippen molar-refractivity contribution in [3.8, 4) is 11.7 Å². The zero-order valence-electron chi connectivity index (χ0n) is 11.5. The second-order valence-corrected chi connectivity index (χ2v) is 5.70. The average molecular weight is 304 g/mol. The summed E-state index contributed by atoms with van der Waals surface area (Å²) in [5.74, 6) is 1.90. The molecule has 0 atom stereocenters. The van der Waals surface area contributed by atoms with Crippen molar-refractivity contribution in [1.29, 1.82) is 0 Å². The van der Waals surface area contributed by atoms with Crippen LogP contribution in [0.5, 0.6) is 0 Å². The van der Waals surface area contributed by atoms with E-state index in [2.05, 4.69) is 10.2 Å². The maximum absolute atomic E-state index is 8.71. The predicted octanol–water partition coefficient (Wildman–Crippen LogP) is 3.74. The molecule has 1 aromatic carbocycles. The molecule has 5 nitrogen and oxygen atoms in total. The van der Waals surface area contributed by atoms with Crippen LogP contribution in [-0.2, 0) is 0 Å². The predicted molar refractivity (Wildman–Crippen MR) is 81.2 cm³/mol. The van der Waals surface area contributed by atoms with E-state index in [0.717, 1.165) is 36.0 Å². The Morgan fingerprint density at radius 1 is 1.05 bits per heavy atom. The smallest absolute Gasteiger partial charge is 0.284 e. The average Bonchev–Trinajstić information content (AvgIpc) is 3.13. The molecule has 0 fully saturated rings. The highest BCUT2D eigenvalue weighted by atomic mass is 32.2. The molecular weight excluding hydrogens is 288 g/mol. The molecule has 0 saturated heterocycles. The Balaban J connectivity index is 1.64. The zero-order valence-corrected chi connectivity index (χ0v) is 12.3. The summed E-state index contributed by atoms with van der Waals surface area (Å²) in [5, 5.41) is 18.3. The van der Waals surface area contributed by atoms with Crippen LogP contribution in [0.25, 0.3) is 22.6 Å². The van der Waals surface area contributed by atoms with Crippen molar-refractivity contribution in [2.24, 2.45) is 0 Å². The number of hydrogen-bond donors (Lipinski definition) is 1. The molecule has 21 heavy (non-hydrogen) atoms. The minimum atomic E-state index is 0.251. The van der Waals surface area contributed by atoms with Gasteiger partial charge in [-0.25, -0.2) is 0 Å². The van der Waals surface area contributed by atoms with Crippen LogP contribution in [0, 0.1) is 0 Å². The van der Waals surface area contributed by atoms with Crippen molar-refractivity contribution in [3.63, 3.8) is 0 Å². The third kappa shape index (κ3) is 3.46. The van der Waals surface area contributed by atoms with Gasteiger partial charge in [0.05, 0.1) is 0 Å². The largest absolute Gasteiger partial charge is 0.451 e. The lowest BCUT2D eigenvalue weighted by Crippen LogP contribution is -1.85. The lowest BCUT2D eigenvalue weighted by atomic mass is 10.2. The van der Waals surface area contributed by atoms with E-state index in [0.29, 0.717) is 16.9 Å². The van der Waals surface area contributed by atoms with E-state index in [-0.39, 0.29) is 6.61 Å². The van der Waals surface area contributed by atoms with Crippen molar-refractivity contribution in [1.82, 2.24) is 10.2 Å². The van der Waals surface area contributed by atoms with E-state index in [1.807, 2.05) is 30.3 Å². The van der Waals surface area contributed by atoms with Gasteiger partial charge < -0.3 is 13.9 Å². The molecular formula is C15H16N2O3S. The number of unbranched alkanes of at least 4 members (excludes halogenated alkanes) is 2. The van der Waals surface area contributed by atoms with Crippen molar-refractivity contribution in [2.45, 2.75) is 24.5 Å². The van der Waals surface area contributed by atoms with Crippen LogP contribution < -0.4 is 0 Å². The molecule has 3 rings (SSSR count). The Morgan fingerprint density at radius 3 is 2.81 bits per heavy atom. The lowest BCUT2D eigenvalue weighted by molar-refractivity contribution is 0.284. The van der Waals surface area contributed by atoms with Gasteiger partial charge in [0.25, 0.3) is 11.1 Å². The summed E-state index contributed by atoms with van der Waals surface area (Å²) in [6, 6.07) is 9.68. The topological polar surface area (TPSA) is 72.3 Å². The molecule has 2 heterocycles. The Labute approximate surface area is 126 Å². The summed E-state index contributed by atoms with van der Waals surface area (Å²) in [5.41, 5.74) is 0.809. The number of thioether (sulfide) groups is 1. The first-order valence-electron chi connectivity index (χ1n) is 6.93. The van der Waals surface area contributed by atoms with Gasteiger partial charge in [-0.1, -0.05) is 36.4 Å². The van der Waals surface area contributed by atoms with E-state index in [9.17, 15) is 0 Å². The molecule has 1 N–H and O–H groups in total. The summed E-state index contributed by atoms with van der Waals surface area (Å²) in [6.45, 7) is 0.251. The summed E-state index contributed by atoms with van der Waals surface area (Å²) in [7, 11) is 0. The zero-order chi connectivity index (χ0) is 14.5. The molecule has 0 unspecified atom stereocenters. The summed E-state index contributed by atoms with van der Waals surface area (Å²) < 4.78 is 11.3. The minimum absolute atomic E-state index is 0.251. The van der Waals surface area contributed by atoms with Crippen LogP contribution in [0.2, 0.25) is 0 Å². The van der Waals surface area contributed by atoms with Crippen LogP contribution in [0.1, 0.15) is 19.3 Å². The molecule has 0 spiro atoms. The first-order chi connectivity index (χ1) is 10.4. The van der Waals surface area contributed by atoms with Gasteiger partial charge in [-0.3, -0.25) is 0 Å². The normalized spacial score (nSPS) is 11.3. The number of nitrogens with zero attached hydrogens (tertiary/aromatic N) is 2. The van der Waals surface area contributed by atoms with E-state index in [1.54, 1.807) is 0 Å². The van der Waals surface area contributed by atoms with Gasteiger partial charge >= 0.3 is 0 Å². The lowest BCUT2D eigenvalue weighted by Gasteiger charge is -1.95. The van der Waals surface area contributed by atoms with Crippen LogP contribution in [0.3, 0.4) is 0 Å². The monoisotopic (exact) mass is 304 g/mol. The standard InChI is InChI=1S/C15H16N2O3S/c18-8-4-1-5-9-21-15-17-16-14(20-15)13-10-11-6-2-3-7-12(11)19-13/h2-3,6-7,10,18H,1,4-5,8-9H2. The number of rotatable bonds is 7. The van der Waals surface area contributed by atoms with Gasteiger partial charge in [0.1, 0.15) is 5.58 Å². The Hall–Kier alpha value is -1.79. The fraction of sp³-hybridized carbons (Fsp3) is 0.333. The number of furan rings is 1. The number of para-hydroxylation sites is 1. The molecule has 0 bridgehead atoms. The van der Waals surface area contributed by atoms with E-state index < -0.39 is 0 Å². The molecule has 0 aliphatic heterocycles. The molecule has 0 aliphatic rings. The van der Waals surface area contributed by atoms with E-state index >= 15 is 0 Å². The number of aromatic nitrogens is 2. The number of hydrogen-bond acceptors (Lipinski definition) is 6. The maximum Gasteiger partial charge on any atom is 0.284 e. The maximum atomic E-state index is 8.71. The molecule has 110 valence electrons. The van der Waals surface area contributed by atoms with Crippen molar-refractivity contribution >= 4 is 22.7 Å². The third-order valence-electron chi connectivity index (χ3n) is 3.07. The van der Waals surface area contributed by atoms with E-state index in [1.165, 1.54) is 11.8 Å². The second kappa shape index (κ2) is 6.78. The van der Waals surface area contributed by atoms with Crippen molar-refractivity contribution in [3.05, 3.63) is 30.3 Å². The number of aliphatic hydroxyl groups is 1. The fourth-order valence-corrected chi connectivity index (χ4v) is 2.76. The summed E-state index contributed by atoms with van der Waals surface area (Å²) >= 11 is 1.53. The SMILES string of the molecule is OCCCCCSc1nnc(-c2cc3ccccc3o2)o1. The van der Waals surface area contributed by atoms with Gasteiger partial charge in [0.15, 0.2) is 5.76 Å². The third-order valence-corrected chi connectivity index (χ3v) is 3.98. The number of fused-ring (bicyclic) bond motifs is 1. The second-order valence-electron chi connectivity index (χ2n) is 4.65. The summed E-state index contributed by atoms with van der Waals surface area (Å²) in [6.07, 6.45) is 2.87. The van der Waals surface area contributed by atoms with Crippen molar-refractivity contribution < 1.29 is 13.9 Å². The molecule has 0 amide bonds. The van der Waals surface area contributed by atoms with Crippen LogP contribution in [-0.4, -0.2) is 27.7 Å². The Morgan fingerprint density at radius 2 is 1.95 bits per heavy atom. The Kier molecular flexibility index (Phi) is 4.57. The first-order valence-corrected chi connectivity index (χ1v) is 7.91. The van der Waals surface area contributed by atoms with Gasteiger partial charge in [-0.2, -0.15) is 0 Å². The van der Waals surface area contributed by atoms with Gasteiger partial charge in [-0.05, 0) is 25.0 Å². The molecule has 0 saturated carbocycles. The minimum Gasteiger partial charge on any atom is -0.451 e. The number of benzene rings is 1. The molecule has 2 aromatic heterocycles. The highest BCUT2D eigenvalue weighted by Crippen LogP contribution is 2.28. The van der Waals surface area contributed by atoms with Crippen molar-refractivity contribution in [2.75, 3.05) is 12.4 Å². The molecule has 3 aromatic rings. The molecule has 0 aliphatic carbocycles. The quantitative estimate of drug-likeness (QED) is 0.529. The van der Waals surface area contributed by atoms with Crippen LogP contribution >= 0.6 is 11.8 Å². The fourth-order valence-electron chi connectivity index (χ4n) is 2.01. The van der Waals surface area contributed by atoms with Gasteiger partial charge in [0, 0.05) is 17.7 Å². The molecule has 0 radical (unpaired) electrons. The van der Waals surface area contributed by atoms with Crippen LogP contribution in [0.4, 0.5) is 0 Å². The van der Waals surface area contributed by atoms with E-state index in [4.69, 9.17) is 13.9 Å². The van der Waals surface area contributed by atoms with Gasteiger partial charge in [-0.15, -0.1) is 10.2 Å². The molecule has 6 heteroatoms. The first kappa shape index (κ1) is 14.2. The highest BCUT2D eigenvalue weighted by molar-refractivity contribution is 7.99. The van der Waals surface area contributed by atoms with Gasteiger partial charge in [0.2, 0.25) is 0 Å². The number of aliphatic hydroxyl groups excluding tert-OH is 1. The van der Waals surface area contributed by atoms with Crippen LogP contribution in [0.15, 0.2) is 44.4 Å². The highest BCUT2D eigenvalue weighted by Gasteiger charge is 2.13. The Bertz CT molecular complexity index is 675.